The van der Waals surface area contributed by atoms with Gasteiger partial charge in [-0.25, -0.2) is 0 Å². The van der Waals surface area contributed by atoms with Crippen LogP contribution in [0.3, 0.4) is 0 Å². The Labute approximate surface area is 120 Å². The van der Waals surface area contributed by atoms with Gasteiger partial charge in [-0.1, -0.05) is 18.2 Å². The van der Waals surface area contributed by atoms with Crippen LogP contribution < -0.4 is 10.1 Å². The van der Waals surface area contributed by atoms with E-state index in [1.54, 1.807) is 19.2 Å². The summed E-state index contributed by atoms with van der Waals surface area (Å²) in [6.45, 7) is 0. The smallest absolute Gasteiger partial charge is 0.416 e. The van der Waals surface area contributed by atoms with Crippen molar-refractivity contribution in [1.29, 1.82) is 0 Å². The molecule has 0 bridgehead atoms. The number of pyridine rings is 1. The molecule has 0 amide bonds. The fraction of sp³-hybridized carbons (Fsp3) is 0.267. The number of hydrogen-bond donors (Lipinski definition) is 1. The minimum atomic E-state index is -4.41. The summed E-state index contributed by atoms with van der Waals surface area (Å²) < 4.78 is 44.7. The van der Waals surface area contributed by atoms with Crippen LogP contribution in [0.1, 0.15) is 22.7 Å². The number of alkyl halides is 3. The molecule has 2 rings (SSSR count). The SMILES string of the molecule is CNC(c1ccncc1OC)c1ccccc1C(F)(F)F. The highest BCUT2D eigenvalue weighted by Crippen LogP contribution is 2.38. The maximum atomic E-state index is 13.2. The van der Waals surface area contributed by atoms with Gasteiger partial charge >= 0.3 is 6.18 Å². The monoisotopic (exact) mass is 296 g/mol. The average Bonchev–Trinajstić information content (AvgIpc) is 2.48. The Hall–Kier alpha value is -2.08. The third kappa shape index (κ3) is 3.16. The zero-order valence-corrected chi connectivity index (χ0v) is 11.6. The van der Waals surface area contributed by atoms with E-state index in [1.807, 2.05) is 0 Å². The number of ether oxygens (including phenoxy) is 1. The van der Waals surface area contributed by atoms with Crippen LogP contribution in [-0.4, -0.2) is 19.1 Å². The molecule has 3 nitrogen and oxygen atoms in total. The highest BCUT2D eigenvalue weighted by atomic mass is 19.4. The molecule has 0 aliphatic heterocycles. The summed E-state index contributed by atoms with van der Waals surface area (Å²) in [5.74, 6) is 0.439. The lowest BCUT2D eigenvalue weighted by Crippen LogP contribution is -2.22. The van der Waals surface area contributed by atoms with E-state index in [0.29, 0.717) is 11.3 Å². The van der Waals surface area contributed by atoms with Crippen molar-refractivity contribution in [3.8, 4) is 5.75 Å². The van der Waals surface area contributed by atoms with Gasteiger partial charge in [0.15, 0.2) is 0 Å². The molecule has 0 radical (unpaired) electrons. The standard InChI is InChI=1S/C15H15F3N2O/c1-19-14(11-7-8-20-9-13(11)21-2)10-5-3-4-6-12(10)15(16,17)18/h3-9,14,19H,1-2H3. The number of halogens is 3. The molecule has 1 aromatic carbocycles. The molecule has 0 spiro atoms. The topological polar surface area (TPSA) is 34.2 Å². The predicted molar refractivity (Wildman–Crippen MR) is 73.1 cm³/mol. The first-order valence-corrected chi connectivity index (χ1v) is 6.30. The van der Waals surface area contributed by atoms with Crippen molar-refractivity contribution in [3.63, 3.8) is 0 Å². The zero-order valence-electron chi connectivity index (χ0n) is 11.6. The third-order valence-corrected chi connectivity index (χ3v) is 3.21. The Balaban J connectivity index is 2.58. The molecule has 2 aromatic rings. The maximum absolute atomic E-state index is 13.2. The fourth-order valence-electron chi connectivity index (χ4n) is 2.29. The van der Waals surface area contributed by atoms with Crippen LogP contribution in [0.2, 0.25) is 0 Å². The highest BCUT2D eigenvalue weighted by Gasteiger charge is 2.35. The highest BCUT2D eigenvalue weighted by molar-refractivity contribution is 5.43. The second-order valence-corrected chi connectivity index (χ2v) is 4.42. The summed E-state index contributed by atoms with van der Waals surface area (Å²) in [7, 11) is 3.07. The number of nitrogens with one attached hydrogen (secondary N) is 1. The number of rotatable bonds is 4. The second-order valence-electron chi connectivity index (χ2n) is 4.42. The first-order valence-electron chi connectivity index (χ1n) is 6.30. The minimum absolute atomic E-state index is 0.150. The van der Waals surface area contributed by atoms with Gasteiger partial charge in [-0.15, -0.1) is 0 Å². The number of benzene rings is 1. The summed E-state index contributed by atoms with van der Waals surface area (Å²) in [6.07, 6.45) is -1.40. The van der Waals surface area contributed by atoms with Gasteiger partial charge < -0.3 is 10.1 Å². The molecule has 112 valence electrons. The maximum Gasteiger partial charge on any atom is 0.416 e. The molecule has 1 unspecified atom stereocenters. The van der Waals surface area contributed by atoms with E-state index in [1.165, 1.54) is 31.6 Å². The van der Waals surface area contributed by atoms with Crippen LogP contribution in [0.15, 0.2) is 42.7 Å². The Morgan fingerprint density at radius 1 is 1.14 bits per heavy atom. The minimum Gasteiger partial charge on any atom is -0.495 e. The lowest BCUT2D eigenvalue weighted by Gasteiger charge is -2.23. The van der Waals surface area contributed by atoms with Crippen LogP contribution in [-0.2, 0) is 6.18 Å². The van der Waals surface area contributed by atoms with E-state index in [2.05, 4.69) is 10.3 Å². The Morgan fingerprint density at radius 2 is 1.86 bits per heavy atom. The molecule has 1 heterocycles. The summed E-state index contributed by atoms with van der Waals surface area (Å²) in [6, 6.07) is 6.51. The van der Waals surface area contributed by atoms with Crippen LogP contribution in [0, 0.1) is 0 Å². The normalized spacial score (nSPS) is 13.0. The molecule has 0 fully saturated rings. The molecule has 0 saturated heterocycles. The number of nitrogens with zero attached hydrogens (tertiary/aromatic N) is 1. The molecular weight excluding hydrogens is 281 g/mol. The number of methoxy groups -OCH3 is 1. The van der Waals surface area contributed by atoms with Gasteiger partial charge in [-0.05, 0) is 24.7 Å². The van der Waals surface area contributed by atoms with E-state index < -0.39 is 17.8 Å². The predicted octanol–water partition coefficient (Wildman–Crippen LogP) is 3.42. The summed E-state index contributed by atoms with van der Waals surface area (Å²) in [5.41, 5.74) is 0.0897. The van der Waals surface area contributed by atoms with Crippen LogP contribution in [0.5, 0.6) is 5.75 Å². The fourth-order valence-corrected chi connectivity index (χ4v) is 2.29. The number of aromatic nitrogens is 1. The molecular formula is C15H15F3N2O. The van der Waals surface area contributed by atoms with Crippen molar-refractivity contribution < 1.29 is 17.9 Å². The van der Waals surface area contributed by atoms with Crippen LogP contribution >= 0.6 is 0 Å². The lowest BCUT2D eigenvalue weighted by atomic mass is 9.94. The molecule has 1 N–H and O–H groups in total. The molecule has 6 heteroatoms. The van der Waals surface area contributed by atoms with Gasteiger partial charge in [-0.2, -0.15) is 13.2 Å². The van der Waals surface area contributed by atoms with Crippen molar-refractivity contribution in [1.82, 2.24) is 10.3 Å². The molecule has 0 aliphatic rings. The van der Waals surface area contributed by atoms with Gasteiger partial charge in [-0.3, -0.25) is 4.98 Å². The first-order chi connectivity index (χ1) is 9.99. The van der Waals surface area contributed by atoms with Gasteiger partial charge in [0, 0.05) is 11.8 Å². The van der Waals surface area contributed by atoms with E-state index in [9.17, 15) is 13.2 Å². The van der Waals surface area contributed by atoms with Crippen LogP contribution in [0.25, 0.3) is 0 Å². The third-order valence-electron chi connectivity index (χ3n) is 3.21. The Bertz CT molecular complexity index is 614. The van der Waals surface area contributed by atoms with Gasteiger partial charge in [0.1, 0.15) is 5.75 Å². The van der Waals surface area contributed by atoms with Crippen LogP contribution in [0.4, 0.5) is 13.2 Å². The first kappa shape index (κ1) is 15.3. The molecule has 1 aromatic heterocycles. The van der Waals surface area contributed by atoms with Gasteiger partial charge in [0.25, 0.3) is 0 Å². The Morgan fingerprint density at radius 3 is 2.48 bits per heavy atom. The second kappa shape index (κ2) is 6.13. The van der Waals surface area contributed by atoms with Gasteiger partial charge in [0.05, 0.1) is 24.9 Å². The average molecular weight is 296 g/mol. The summed E-state index contributed by atoms with van der Waals surface area (Å²) in [4.78, 5) is 3.92. The molecule has 0 aliphatic carbocycles. The van der Waals surface area contributed by atoms with E-state index in [4.69, 9.17) is 4.74 Å². The zero-order chi connectivity index (χ0) is 15.5. The Kier molecular flexibility index (Phi) is 4.47. The summed E-state index contributed by atoms with van der Waals surface area (Å²) in [5, 5.41) is 2.91. The van der Waals surface area contributed by atoms with E-state index in [-0.39, 0.29) is 5.56 Å². The van der Waals surface area contributed by atoms with Crippen molar-refractivity contribution in [2.75, 3.05) is 14.2 Å². The lowest BCUT2D eigenvalue weighted by molar-refractivity contribution is -0.138. The molecule has 21 heavy (non-hydrogen) atoms. The molecule has 1 atom stereocenters. The van der Waals surface area contributed by atoms with E-state index in [0.717, 1.165) is 6.07 Å². The van der Waals surface area contributed by atoms with Crippen molar-refractivity contribution in [2.45, 2.75) is 12.2 Å². The van der Waals surface area contributed by atoms with Crippen molar-refractivity contribution in [3.05, 3.63) is 59.4 Å². The largest absolute Gasteiger partial charge is 0.495 e. The molecule has 0 saturated carbocycles. The van der Waals surface area contributed by atoms with E-state index >= 15 is 0 Å². The van der Waals surface area contributed by atoms with Crippen molar-refractivity contribution in [2.24, 2.45) is 0 Å². The van der Waals surface area contributed by atoms with Gasteiger partial charge in [0.2, 0.25) is 0 Å². The quantitative estimate of drug-likeness (QED) is 0.938. The summed E-state index contributed by atoms with van der Waals surface area (Å²) >= 11 is 0. The van der Waals surface area contributed by atoms with Crippen molar-refractivity contribution >= 4 is 0 Å². The number of hydrogen-bond acceptors (Lipinski definition) is 3.